The van der Waals surface area contributed by atoms with Crippen LogP contribution in [0.4, 0.5) is 0 Å². The SMILES string of the molecule is CCOc1cc2c(cc1CNS(=O)(=O)c1ccsc1C(=O)OC)O[C@@H](C)C2. The smallest absolute Gasteiger partial charge is 0.349 e. The molecule has 0 amide bonds. The molecule has 1 aromatic carbocycles. The summed E-state index contributed by atoms with van der Waals surface area (Å²) in [5.74, 6) is 0.682. The fraction of sp³-hybridized carbons (Fsp3) is 0.389. The molecule has 0 saturated heterocycles. The molecule has 0 unspecified atom stereocenters. The Morgan fingerprint density at radius 2 is 2.19 bits per heavy atom. The van der Waals surface area contributed by atoms with Gasteiger partial charge in [-0.15, -0.1) is 11.3 Å². The van der Waals surface area contributed by atoms with Gasteiger partial charge in [0.1, 0.15) is 27.4 Å². The lowest BCUT2D eigenvalue weighted by atomic mass is 10.1. The van der Waals surface area contributed by atoms with Crippen LogP contribution in [-0.2, 0) is 27.7 Å². The molecule has 2 heterocycles. The highest BCUT2D eigenvalue weighted by molar-refractivity contribution is 7.89. The Hall–Kier alpha value is -2.10. The molecule has 1 aliphatic rings. The van der Waals surface area contributed by atoms with Crippen LogP contribution in [0.2, 0.25) is 0 Å². The standard InChI is InChI=1S/C18H21NO6S2/c1-4-24-14-8-12-7-11(2)25-15(12)9-13(14)10-19-27(21,22)16-5-6-26-17(16)18(20)23-3/h5-6,8-9,11,19H,4,7,10H2,1-3H3/t11-/m0/s1. The molecule has 0 spiro atoms. The first kappa shape index (κ1) is 19.7. The normalized spacial score (nSPS) is 15.9. The Morgan fingerprint density at radius 3 is 2.89 bits per heavy atom. The minimum Gasteiger partial charge on any atom is -0.494 e. The summed E-state index contributed by atoms with van der Waals surface area (Å²) in [5.41, 5.74) is 1.71. The molecule has 9 heteroatoms. The van der Waals surface area contributed by atoms with Crippen molar-refractivity contribution in [1.82, 2.24) is 4.72 Å². The molecule has 27 heavy (non-hydrogen) atoms. The molecular formula is C18H21NO6S2. The number of rotatable bonds is 7. The number of esters is 1. The summed E-state index contributed by atoms with van der Waals surface area (Å²) in [4.78, 5) is 11.7. The third-order valence-electron chi connectivity index (χ3n) is 4.12. The highest BCUT2D eigenvalue weighted by atomic mass is 32.2. The van der Waals surface area contributed by atoms with Gasteiger partial charge in [0.05, 0.1) is 13.7 Å². The second kappa shape index (κ2) is 7.87. The molecule has 0 radical (unpaired) electrons. The van der Waals surface area contributed by atoms with Crippen LogP contribution in [0.3, 0.4) is 0 Å². The summed E-state index contributed by atoms with van der Waals surface area (Å²) < 4.78 is 44.0. The average Bonchev–Trinajstić information content (AvgIpc) is 3.25. The van der Waals surface area contributed by atoms with Crippen molar-refractivity contribution in [3.63, 3.8) is 0 Å². The van der Waals surface area contributed by atoms with Crippen molar-refractivity contribution in [2.75, 3.05) is 13.7 Å². The third-order valence-corrected chi connectivity index (χ3v) is 6.59. The van der Waals surface area contributed by atoms with Crippen molar-refractivity contribution < 1.29 is 27.4 Å². The van der Waals surface area contributed by atoms with Gasteiger partial charge in [0.25, 0.3) is 0 Å². The summed E-state index contributed by atoms with van der Waals surface area (Å²) in [6.45, 7) is 4.33. The first-order chi connectivity index (χ1) is 12.9. The second-order valence-corrected chi connectivity index (χ2v) is 8.71. The summed E-state index contributed by atoms with van der Waals surface area (Å²) >= 11 is 1.02. The van der Waals surface area contributed by atoms with E-state index in [1.807, 2.05) is 19.9 Å². The summed E-state index contributed by atoms with van der Waals surface area (Å²) in [7, 11) is -2.68. The molecule has 1 N–H and O–H groups in total. The van der Waals surface area contributed by atoms with Gasteiger partial charge in [0, 0.05) is 24.1 Å². The van der Waals surface area contributed by atoms with Crippen LogP contribution in [0.1, 0.15) is 34.6 Å². The van der Waals surface area contributed by atoms with Crippen molar-refractivity contribution in [2.24, 2.45) is 0 Å². The van der Waals surface area contributed by atoms with Crippen LogP contribution >= 0.6 is 11.3 Å². The number of carbonyl (C=O) groups is 1. The molecule has 7 nitrogen and oxygen atoms in total. The maximum atomic E-state index is 12.7. The van der Waals surface area contributed by atoms with Gasteiger partial charge < -0.3 is 14.2 Å². The fourth-order valence-electron chi connectivity index (χ4n) is 2.91. The molecule has 3 rings (SSSR count). The van der Waals surface area contributed by atoms with E-state index in [1.165, 1.54) is 18.6 Å². The number of benzene rings is 1. The van der Waals surface area contributed by atoms with E-state index in [0.29, 0.717) is 17.9 Å². The van der Waals surface area contributed by atoms with Gasteiger partial charge in [-0.3, -0.25) is 0 Å². The van der Waals surface area contributed by atoms with Gasteiger partial charge in [0.15, 0.2) is 0 Å². The van der Waals surface area contributed by atoms with Crippen LogP contribution < -0.4 is 14.2 Å². The Morgan fingerprint density at radius 1 is 1.41 bits per heavy atom. The van der Waals surface area contributed by atoms with E-state index >= 15 is 0 Å². The summed E-state index contributed by atoms with van der Waals surface area (Å²) in [6.07, 6.45) is 0.869. The number of sulfonamides is 1. The lowest BCUT2D eigenvalue weighted by Crippen LogP contribution is -2.24. The van der Waals surface area contributed by atoms with Gasteiger partial charge >= 0.3 is 5.97 Å². The molecule has 2 aromatic rings. The van der Waals surface area contributed by atoms with E-state index in [1.54, 1.807) is 6.07 Å². The van der Waals surface area contributed by atoms with Crippen molar-refractivity contribution in [3.05, 3.63) is 39.6 Å². The van der Waals surface area contributed by atoms with E-state index in [2.05, 4.69) is 9.46 Å². The minimum atomic E-state index is -3.89. The zero-order chi connectivity index (χ0) is 19.6. The minimum absolute atomic E-state index is 0.0130. The number of methoxy groups -OCH3 is 1. The van der Waals surface area contributed by atoms with Crippen molar-refractivity contribution >= 4 is 27.3 Å². The Labute approximate surface area is 162 Å². The van der Waals surface area contributed by atoms with Crippen LogP contribution in [0.5, 0.6) is 11.5 Å². The number of fused-ring (bicyclic) bond motifs is 1. The van der Waals surface area contributed by atoms with Crippen LogP contribution in [0.25, 0.3) is 0 Å². The summed E-state index contributed by atoms with van der Waals surface area (Å²) in [6, 6.07) is 5.09. The molecular weight excluding hydrogens is 390 g/mol. The Kier molecular flexibility index (Phi) is 5.73. The zero-order valence-electron chi connectivity index (χ0n) is 15.3. The predicted molar refractivity (Wildman–Crippen MR) is 101 cm³/mol. The first-order valence-electron chi connectivity index (χ1n) is 8.46. The quantitative estimate of drug-likeness (QED) is 0.705. The zero-order valence-corrected chi connectivity index (χ0v) is 16.9. The lowest BCUT2D eigenvalue weighted by molar-refractivity contribution is 0.0602. The van der Waals surface area contributed by atoms with E-state index in [9.17, 15) is 13.2 Å². The van der Waals surface area contributed by atoms with E-state index < -0.39 is 16.0 Å². The van der Waals surface area contributed by atoms with Crippen molar-refractivity contribution in [2.45, 2.75) is 37.8 Å². The van der Waals surface area contributed by atoms with Gasteiger partial charge in [-0.05, 0) is 37.4 Å². The van der Waals surface area contributed by atoms with Gasteiger partial charge in [-0.25, -0.2) is 17.9 Å². The van der Waals surface area contributed by atoms with E-state index in [0.717, 1.165) is 29.1 Å². The highest BCUT2D eigenvalue weighted by Crippen LogP contribution is 2.35. The molecule has 146 valence electrons. The number of nitrogens with one attached hydrogen (secondary N) is 1. The fourth-order valence-corrected chi connectivity index (χ4v) is 5.25. The van der Waals surface area contributed by atoms with Crippen LogP contribution in [0.15, 0.2) is 28.5 Å². The van der Waals surface area contributed by atoms with Crippen molar-refractivity contribution in [1.29, 1.82) is 0 Å². The Balaban J connectivity index is 1.85. The monoisotopic (exact) mass is 411 g/mol. The number of ether oxygens (including phenoxy) is 3. The molecule has 0 saturated carbocycles. The third kappa shape index (κ3) is 4.10. The predicted octanol–water partition coefficient (Wildman–Crippen LogP) is 2.74. The van der Waals surface area contributed by atoms with Crippen molar-refractivity contribution in [3.8, 4) is 11.5 Å². The molecule has 0 aliphatic carbocycles. The Bertz CT molecular complexity index is 951. The largest absolute Gasteiger partial charge is 0.494 e. The maximum absolute atomic E-state index is 12.7. The molecule has 0 bridgehead atoms. The van der Waals surface area contributed by atoms with Gasteiger partial charge in [-0.2, -0.15) is 0 Å². The summed E-state index contributed by atoms with van der Waals surface area (Å²) in [5, 5.41) is 1.54. The van der Waals surface area contributed by atoms with E-state index in [-0.39, 0.29) is 22.4 Å². The van der Waals surface area contributed by atoms with Gasteiger partial charge in [0.2, 0.25) is 10.0 Å². The molecule has 0 fully saturated rings. The number of carbonyl (C=O) groups excluding carboxylic acids is 1. The topological polar surface area (TPSA) is 90.9 Å². The van der Waals surface area contributed by atoms with Crippen LogP contribution in [-0.4, -0.2) is 34.2 Å². The maximum Gasteiger partial charge on any atom is 0.349 e. The van der Waals surface area contributed by atoms with E-state index in [4.69, 9.17) is 9.47 Å². The number of hydrogen-bond acceptors (Lipinski definition) is 7. The van der Waals surface area contributed by atoms with Crippen LogP contribution in [0, 0.1) is 0 Å². The lowest BCUT2D eigenvalue weighted by Gasteiger charge is -2.13. The molecule has 1 atom stereocenters. The van der Waals surface area contributed by atoms with Gasteiger partial charge in [-0.1, -0.05) is 0 Å². The molecule has 1 aromatic heterocycles. The number of thiophene rings is 1. The first-order valence-corrected chi connectivity index (χ1v) is 10.8. The number of hydrogen-bond donors (Lipinski definition) is 1. The second-order valence-electron chi connectivity index (χ2n) is 6.06. The highest BCUT2D eigenvalue weighted by Gasteiger charge is 2.26. The molecule has 1 aliphatic heterocycles. The average molecular weight is 412 g/mol.